The first-order chi connectivity index (χ1) is 7.79. The number of benzene rings is 1. The summed E-state index contributed by atoms with van der Waals surface area (Å²) < 4.78 is 41.1. The molecule has 1 rings (SSSR count). The second-order valence-electron chi connectivity index (χ2n) is 4.04. The Hall–Kier alpha value is -1.23. The summed E-state index contributed by atoms with van der Waals surface area (Å²) in [6.45, 7) is 3.23. The first kappa shape index (κ1) is 13.8. The average Bonchev–Trinajstić information content (AvgIpc) is 2.15. The molecule has 2 nitrogen and oxygen atoms in total. The topological polar surface area (TPSA) is 35.2 Å². The second-order valence-corrected chi connectivity index (χ2v) is 4.04. The fourth-order valence-corrected chi connectivity index (χ4v) is 1.42. The molecule has 96 valence electrons. The zero-order chi connectivity index (χ0) is 13.1. The van der Waals surface area contributed by atoms with Gasteiger partial charge in [-0.1, -0.05) is 12.1 Å². The Kier molecular flexibility index (Phi) is 4.40. The lowest BCUT2D eigenvalue weighted by Gasteiger charge is -2.15. The van der Waals surface area contributed by atoms with E-state index in [1.807, 2.05) is 13.0 Å². The Morgan fingerprint density at radius 1 is 1.35 bits per heavy atom. The van der Waals surface area contributed by atoms with Crippen LogP contribution in [0.15, 0.2) is 18.2 Å². The number of halogens is 3. The molecule has 0 bridgehead atoms. The van der Waals surface area contributed by atoms with Gasteiger partial charge in [0.1, 0.15) is 5.75 Å². The summed E-state index contributed by atoms with van der Waals surface area (Å²) in [7, 11) is 0. The van der Waals surface area contributed by atoms with Crippen molar-refractivity contribution in [3.63, 3.8) is 0 Å². The molecule has 0 heterocycles. The normalized spacial score (nSPS) is 13.5. The molecule has 17 heavy (non-hydrogen) atoms. The Labute approximate surface area is 98.6 Å². The van der Waals surface area contributed by atoms with Crippen LogP contribution in [0, 0.1) is 6.92 Å². The van der Waals surface area contributed by atoms with Crippen LogP contribution in [0.1, 0.15) is 30.5 Å². The van der Waals surface area contributed by atoms with E-state index in [1.165, 1.54) is 0 Å². The van der Waals surface area contributed by atoms with Gasteiger partial charge in [-0.2, -0.15) is 13.2 Å². The molecule has 0 saturated carbocycles. The van der Waals surface area contributed by atoms with E-state index < -0.39 is 12.6 Å². The minimum absolute atomic E-state index is 0.267. The maximum Gasteiger partial charge on any atom is 0.392 e. The number of hydrogen-bond acceptors (Lipinski definition) is 2. The van der Waals surface area contributed by atoms with E-state index in [0.29, 0.717) is 5.75 Å². The molecule has 5 heteroatoms. The fourth-order valence-electron chi connectivity index (χ4n) is 1.42. The Balaban J connectivity index is 2.72. The van der Waals surface area contributed by atoms with Gasteiger partial charge in [-0.15, -0.1) is 0 Å². The Morgan fingerprint density at radius 3 is 2.53 bits per heavy atom. The van der Waals surface area contributed by atoms with Crippen molar-refractivity contribution in [1.82, 2.24) is 0 Å². The lowest BCUT2D eigenvalue weighted by Crippen LogP contribution is -2.14. The van der Waals surface area contributed by atoms with E-state index in [0.717, 1.165) is 11.1 Å². The van der Waals surface area contributed by atoms with E-state index in [9.17, 15) is 13.2 Å². The van der Waals surface area contributed by atoms with Crippen molar-refractivity contribution in [1.29, 1.82) is 0 Å². The van der Waals surface area contributed by atoms with Crippen LogP contribution in [0.2, 0.25) is 0 Å². The number of rotatable bonds is 4. The van der Waals surface area contributed by atoms with Gasteiger partial charge in [0.2, 0.25) is 0 Å². The van der Waals surface area contributed by atoms with Crippen molar-refractivity contribution < 1.29 is 17.9 Å². The number of aryl methyl sites for hydroxylation is 1. The molecular weight excluding hydrogens is 231 g/mol. The van der Waals surface area contributed by atoms with E-state index in [2.05, 4.69) is 0 Å². The molecule has 1 aromatic rings. The van der Waals surface area contributed by atoms with Gasteiger partial charge in [-0.3, -0.25) is 0 Å². The number of ether oxygens (including phenoxy) is 1. The summed E-state index contributed by atoms with van der Waals surface area (Å²) in [5, 5.41) is 0. The second kappa shape index (κ2) is 5.40. The van der Waals surface area contributed by atoms with Crippen molar-refractivity contribution in [3.05, 3.63) is 29.3 Å². The van der Waals surface area contributed by atoms with Crippen LogP contribution >= 0.6 is 0 Å². The minimum Gasteiger partial charge on any atom is -0.493 e. The van der Waals surface area contributed by atoms with Gasteiger partial charge >= 0.3 is 6.18 Å². The molecule has 0 aliphatic heterocycles. The third-order valence-corrected chi connectivity index (χ3v) is 2.30. The van der Waals surface area contributed by atoms with Crippen LogP contribution in [0.3, 0.4) is 0 Å². The molecule has 0 fully saturated rings. The summed E-state index contributed by atoms with van der Waals surface area (Å²) >= 11 is 0. The molecule has 0 radical (unpaired) electrons. The zero-order valence-corrected chi connectivity index (χ0v) is 9.84. The maximum atomic E-state index is 12.0. The van der Waals surface area contributed by atoms with Gasteiger partial charge in [0, 0.05) is 11.6 Å². The van der Waals surface area contributed by atoms with Gasteiger partial charge in [0.15, 0.2) is 0 Å². The first-order valence-corrected chi connectivity index (χ1v) is 5.35. The lowest BCUT2D eigenvalue weighted by molar-refractivity contribution is -0.139. The molecule has 2 N–H and O–H groups in total. The largest absolute Gasteiger partial charge is 0.493 e. The van der Waals surface area contributed by atoms with Crippen LogP contribution in [0.4, 0.5) is 13.2 Å². The average molecular weight is 247 g/mol. The quantitative estimate of drug-likeness (QED) is 0.885. The van der Waals surface area contributed by atoms with Crippen LogP contribution in [0.5, 0.6) is 5.75 Å². The van der Waals surface area contributed by atoms with Crippen molar-refractivity contribution in [2.75, 3.05) is 6.61 Å². The number of alkyl halides is 3. The van der Waals surface area contributed by atoms with Gasteiger partial charge in [-0.05, 0) is 25.5 Å². The highest BCUT2D eigenvalue weighted by Gasteiger charge is 2.27. The third kappa shape index (κ3) is 4.65. The minimum atomic E-state index is -4.20. The molecule has 0 spiro atoms. The van der Waals surface area contributed by atoms with E-state index in [1.54, 1.807) is 19.1 Å². The van der Waals surface area contributed by atoms with E-state index in [-0.39, 0.29) is 12.6 Å². The van der Waals surface area contributed by atoms with Gasteiger partial charge in [0.25, 0.3) is 0 Å². The van der Waals surface area contributed by atoms with Gasteiger partial charge in [0.05, 0.1) is 13.0 Å². The molecular formula is C12H16F3NO. The van der Waals surface area contributed by atoms with Crippen LogP contribution in [-0.2, 0) is 0 Å². The van der Waals surface area contributed by atoms with Crippen LogP contribution in [-0.4, -0.2) is 12.8 Å². The molecule has 0 saturated heterocycles. The van der Waals surface area contributed by atoms with Crippen molar-refractivity contribution in [2.45, 2.75) is 32.5 Å². The third-order valence-electron chi connectivity index (χ3n) is 2.30. The highest BCUT2D eigenvalue weighted by molar-refractivity contribution is 5.38. The lowest BCUT2D eigenvalue weighted by atomic mass is 10.1. The van der Waals surface area contributed by atoms with E-state index >= 15 is 0 Å². The zero-order valence-electron chi connectivity index (χ0n) is 9.84. The van der Waals surface area contributed by atoms with Gasteiger partial charge < -0.3 is 10.5 Å². The monoisotopic (exact) mass is 247 g/mol. The summed E-state index contributed by atoms with van der Waals surface area (Å²) in [5.41, 5.74) is 7.37. The van der Waals surface area contributed by atoms with Crippen LogP contribution in [0.25, 0.3) is 0 Å². The molecule has 0 amide bonds. The smallest absolute Gasteiger partial charge is 0.392 e. The molecule has 0 aliphatic rings. The van der Waals surface area contributed by atoms with Crippen molar-refractivity contribution in [3.8, 4) is 5.75 Å². The Bertz CT molecular complexity index is 375. The highest BCUT2D eigenvalue weighted by atomic mass is 19.4. The summed E-state index contributed by atoms with van der Waals surface area (Å²) in [6.07, 6.45) is -5.16. The molecule has 1 aromatic carbocycles. The molecule has 0 aromatic heterocycles. The van der Waals surface area contributed by atoms with E-state index in [4.69, 9.17) is 10.5 Å². The standard InChI is InChI=1S/C12H16F3NO/c1-8-3-4-10(9(2)16)11(7-8)17-6-5-12(13,14)15/h3-4,7,9H,5-6,16H2,1-2H3. The van der Waals surface area contributed by atoms with Crippen molar-refractivity contribution >= 4 is 0 Å². The number of hydrogen-bond donors (Lipinski definition) is 1. The summed E-state index contributed by atoms with van der Waals surface area (Å²) in [5.74, 6) is 0.434. The molecule has 1 atom stereocenters. The Morgan fingerprint density at radius 2 is 2.00 bits per heavy atom. The predicted molar refractivity (Wildman–Crippen MR) is 59.9 cm³/mol. The first-order valence-electron chi connectivity index (χ1n) is 5.35. The summed E-state index contributed by atoms with van der Waals surface area (Å²) in [4.78, 5) is 0. The maximum absolute atomic E-state index is 12.0. The van der Waals surface area contributed by atoms with Gasteiger partial charge in [-0.25, -0.2) is 0 Å². The molecule has 0 aliphatic carbocycles. The summed E-state index contributed by atoms with van der Waals surface area (Å²) in [6, 6.07) is 5.07. The highest BCUT2D eigenvalue weighted by Crippen LogP contribution is 2.26. The van der Waals surface area contributed by atoms with Crippen LogP contribution < -0.4 is 10.5 Å². The molecule has 1 unspecified atom stereocenters. The van der Waals surface area contributed by atoms with Crippen molar-refractivity contribution in [2.24, 2.45) is 5.73 Å². The fraction of sp³-hybridized carbons (Fsp3) is 0.500. The number of nitrogens with two attached hydrogens (primary N) is 1. The predicted octanol–water partition coefficient (Wildman–Crippen LogP) is 3.35. The SMILES string of the molecule is Cc1ccc(C(C)N)c(OCCC(F)(F)F)c1.